The molecular formula is C10H17Al. The topological polar surface area (TPSA) is 0 Å². The SMILES string of the molecule is CC(C)C.[AlH2][c]1ccccc1. The summed E-state index contributed by atoms with van der Waals surface area (Å²) in [6.45, 7) is 6.50. The molecule has 0 saturated heterocycles. The van der Waals surface area contributed by atoms with Gasteiger partial charge < -0.3 is 0 Å². The summed E-state index contributed by atoms with van der Waals surface area (Å²) in [5, 5.41) is 0. The lowest BCUT2D eigenvalue weighted by atomic mass is 10.3. The van der Waals surface area contributed by atoms with Crippen molar-refractivity contribution in [2.75, 3.05) is 0 Å². The first kappa shape index (κ1) is 10.8. The second kappa shape index (κ2) is 6.46. The van der Waals surface area contributed by atoms with Crippen molar-refractivity contribution in [1.29, 1.82) is 0 Å². The fourth-order valence-electron chi connectivity index (χ4n) is 0.534. The number of benzene rings is 1. The molecule has 0 radical (unpaired) electrons. The van der Waals surface area contributed by atoms with Crippen LogP contribution >= 0.6 is 0 Å². The van der Waals surface area contributed by atoms with E-state index in [0.29, 0.717) is 0 Å². The second-order valence-electron chi connectivity index (χ2n) is 3.39. The van der Waals surface area contributed by atoms with Crippen molar-refractivity contribution in [3.63, 3.8) is 0 Å². The molecule has 0 heterocycles. The van der Waals surface area contributed by atoms with E-state index >= 15 is 0 Å². The van der Waals surface area contributed by atoms with Gasteiger partial charge in [0, 0.05) is 0 Å². The maximum Gasteiger partial charge on any atom is 0.258 e. The minimum Gasteiger partial charge on any atom is -0.121 e. The van der Waals surface area contributed by atoms with Crippen LogP contribution in [-0.4, -0.2) is 16.3 Å². The Morgan fingerprint density at radius 3 is 1.55 bits per heavy atom. The standard InChI is InChI=1S/C6H5.C4H10.Al.2H/c1-2-4-6-5-3-1;1-4(2)3;;;/h1-5H;4H,1-3H3;;;. The van der Waals surface area contributed by atoms with E-state index in [4.69, 9.17) is 0 Å². The van der Waals surface area contributed by atoms with E-state index in [2.05, 4.69) is 45.0 Å². The lowest BCUT2D eigenvalue weighted by Gasteiger charge is -1.83. The minimum atomic E-state index is 0.833. The van der Waals surface area contributed by atoms with Crippen LogP contribution in [0.3, 0.4) is 0 Å². The average Bonchev–Trinajstić information content (AvgIpc) is 1.87. The van der Waals surface area contributed by atoms with E-state index in [9.17, 15) is 0 Å². The molecule has 1 rings (SSSR count). The van der Waals surface area contributed by atoms with Crippen molar-refractivity contribution < 1.29 is 0 Å². The Hall–Kier alpha value is -0.248. The van der Waals surface area contributed by atoms with E-state index in [1.54, 1.807) is 0 Å². The van der Waals surface area contributed by atoms with Crippen molar-refractivity contribution in [2.45, 2.75) is 20.8 Å². The molecule has 0 atom stereocenters. The molecule has 0 bridgehead atoms. The van der Waals surface area contributed by atoms with Gasteiger partial charge in [-0.3, -0.25) is 0 Å². The first-order chi connectivity index (χ1) is 5.13. The van der Waals surface area contributed by atoms with E-state index in [-0.39, 0.29) is 0 Å². The molecule has 1 aromatic carbocycles. The van der Waals surface area contributed by atoms with Gasteiger partial charge in [0.2, 0.25) is 0 Å². The summed E-state index contributed by atoms with van der Waals surface area (Å²) in [5.41, 5.74) is 0. The van der Waals surface area contributed by atoms with Gasteiger partial charge in [-0.05, 0) is 5.92 Å². The Balaban J connectivity index is 0.000000218. The van der Waals surface area contributed by atoms with Crippen LogP contribution in [0, 0.1) is 5.92 Å². The Bertz CT molecular complexity index is 165. The third kappa shape index (κ3) is 9.75. The molecule has 0 aliphatic heterocycles. The van der Waals surface area contributed by atoms with Gasteiger partial charge >= 0.3 is 0 Å². The van der Waals surface area contributed by atoms with Crippen LogP contribution in [0.25, 0.3) is 0 Å². The van der Waals surface area contributed by atoms with Gasteiger partial charge in [-0.25, -0.2) is 0 Å². The van der Waals surface area contributed by atoms with E-state index < -0.39 is 0 Å². The summed E-state index contributed by atoms with van der Waals surface area (Å²) in [6.07, 6.45) is 0. The number of rotatable bonds is 0. The van der Waals surface area contributed by atoms with Crippen LogP contribution in [0.15, 0.2) is 30.3 Å². The smallest absolute Gasteiger partial charge is 0.121 e. The number of hydrogen-bond donors (Lipinski definition) is 0. The van der Waals surface area contributed by atoms with Crippen LogP contribution in [0.4, 0.5) is 0 Å². The highest BCUT2D eigenvalue weighted by molar-refractivity contribution is 6.32. The largest absolute Gasteiger partial charge is 0.258 e. The predicted octanol–water partition coefficient (Wildman–Crippen LogP) is 1.61. The molecule has 0 nitrogen and oxygen atoms in total. The fraction of sp³-hybridized carbons (Fsp3) is 0.400. The monoisotopic (exact) mass is 164 g/mol. The third-order valence-corrected chi connectivity index (χ3v) is 1.61. The quantitative estimate of drug-likeness (QED) is 0.511. The summed E-state index contributed by atoms with van der Waals surface area (Å²) in [6, 6.07) is 10.5. The van der Waals surface area contributed by atoms with Crippen LogP contribution in [-0.2, 0) is 0 Å². The molecule has 0 aromatic heterocycles. The molecule has 1 aromatic rings. The highest BCUT2D eigenvalue weighted by atomic mass is 27.0. The number of hydrogen-bond acceptors (Lipinski definition) is 0. The molecule has 0 spiro atoms. The Kier molecular flexibility index (Phi) is 6.32. The Morgan fingerprint density at radius 1 is 1.00 bits per heavy atom. The maximum absolute atomic E-state index is 2.17. The zero-order chi connectivity index (χ0) is 8.69. The van der Waals surface area contributed by atoms with Crippen molar-refractivity contribution in [2.24, 2.45) is 5.92 Å². The van der Waals surface area contributed by atoms with Gasteiger partial charge in [-0.15, -0.1) is 4.43 Å². The van der Waals surface area contributed by atoms with E-state index in [1.165, 1.54) is 20.7 Å². The summed E-state index contributed by atoms with van der Waals surface area (Å²) in [4.78, 5) is 0. The molecule has 0 aliphatic rings. The summed E-state index contributed by atoms with van der Waals surface area (Å²) < 4.78 is 1.46. The van der Waals surface area contributed by atoms with Gasteiger partial charge in [0.05, 0.1) is 0 Å². The van der Waals surface area contributed by atoms with Crippen molar-refractivity contribution in [1.82, 2.24) is 0 Å². The summed E-state index contributed by atoms with van der Waals surface area (Å²) >= 11 is 1.17. The average molecular weight is 164 g/mol. The summed E-state index contributed by atoms with van der Waals surface area (Å²) in [5.74, 6) is 0.833. The second-order valence-corrected chi connectivity index (χ2v) is 4.54. The molecule has 1 heteroatoms. The molecular weight excluding hydrogens is 147 g/mol. The van der Waals surface area contributed by atoms with Crippen LogP contribution in [0.2, 0.25) is 0 Å². The van der Waals surface area contributed by atoms with Crippen LogP contribution in [0.5, 0.6) is 0 Å². The molecule has 11 heavy (non-hydrogen) atoms. The molecule has 0 saturated carbocycles. The van der Waals surface area contributed by atoms with E-state index in [0.717, 1.165) is 5.92 Å². The van der Waals surface area contributed by atoms with Crippen molar-refractivity contribution >= 4 is 20.7 Å². The molecule has 0 amide bonds. The highest BCUT2D eigenvalue weighted by Gasteiger charge is 1.72. The third-order valence-electron chi connectivity index (χ3n) is 0.940. The Morgan fingerprint density at radius 2 is 1.36 bits per heavy atom. The zero-order valence-electron chi connectivity index (χ0n) is 7.96. The fourth-order valence-corrected chi connectivity index (χ4v) is 0.919. The van der Waals surface area contributed by atoms with Crippen LogP contribution < -0.4 is 4.43 Å². The molecule has 60 valence electrons. The lowest BCUT2D eigenvalue weighted by Crippen LogP contribution is -1.97. The maximum atomic E-state index is 2.17. The van der Waals surface area contributed by atoms with Crippen molar-refractivity contribution in [3.8, 4) is 0 Å². The highest BCUT2D eigenvalue weighted by Crippen LogP contribution is 1.81. The molecule has 0 unspecified atom stereocenters. The van der Waals surface area contributed by atoms with Gasteiger partial charge in [-0.2, -0.15) is 0 Å². The molecule has 0 fully saturated rings. The first-order valence-electron chi connectivity index (χ1n) is 4.14. The van der Waals surface area contributed by atoms with Gasteiger partial charge in [-0.1, -0.05) is 51.1 Å². The molecule has 0 N–H and O–H groups in total. The lowest BCUT2D eigenvalue weighted by molar-refractivity contribution is 0.737. The zero-order valence-corrected chi connectivity index (χ0v) is 9.96. The van der Waals surface area contributed by atoms with Crippen LogP contribution in [0.1, 0.15) is 20.8 Å². The van der Waals surface area contributed by atoms with Gasteiger partial charge in [0.1, 0.15) is 0 Å². The normalized spacial score (nSPS) is 8.73. The predicted molar refractivity (Wildman–Crippen MR) is 55.1 cm³/mol. The Labute approximate surface area is 78.1 Å². The van der Waals surface area contributed by atoms with Crippen molar-refractivity contribution in [3.05, 3.63) is 30.3 Å². The summed E-state index contributed by atoms with van der Waals surface area (Å²) in [7, 11) is 0. The van der Waals surface area contributed by atoms with E-state index in [1.807, 2.05) is 6.07 Å². The van der Waals surface area contributed by atoms with Gasteiger partial charge in [0.15, 0.2) is 0 Å². The molecule has 0 aliphatic carbocycles. The first-order valence-corrected chi connectivity index (χ1v) is 5.14. The minimum absolute atomic E-state index is 0.833. The van der Waals surface area contributed by atoms with Gasteiger partial charge in [0.25, 0.3) is 16.3 Å².